The van der Waals surface area contributed by atoms with Gasteiger partial charge in [0.2, 0.25) is 0 Å². The number of carbonyl (C=O) groups excluding carboxylic acids is 1. The normalized spacial score (nSPS) is 18.0. The lowest BCUT2D eigenvalue weighted by Gasteiger charge is -2.25. The molecule has 1 unspecified atom stereocenters. The third-order valence-corrected chi connectivity index (χ3v) is 2.85. The van der Waals surface area contributed by atoms with Crippen molar-refractivity contribution in [3.05, 3.63) is 18.2 Å². The Morgan fingerprint density at radius 1 is 1.56 bits per heavy atom. The van der Waals surface area contributed by atoms with E-state index in [4.69, 9.17) is 14.2 Å². The molecular weight excluding hydrogens is 276 g/mol. The van der Waals surface area contributed by atoms with Crippen molar-refractivity contribution in [2.75, 3.05) is 19.0 Å². The molecule has 16 heavy (non-hydrogen) atoms. The third-order valence-electron chi connectivity index (χ3n) is 2.30. The molecule has 0 fully saturated rings. The Kier molecular flexibility index (Phi) is 3.33. The number of ether oxygens (including phenoxy) is 3. The number of rotatable bonds is 3. The van der Waals surface area contributed by atoms with Crippen LogP contribution in [-0.2, 0) is 4.79 Å². The highest BCUT2D eigenvalue weighted by atomic mass is 79.9. The lowest BCUT2D eigenvalue weighted by molar-refractivity contribution is -0.125. The zero-order valence-electron chi connectivity index (χ0n) is 8.73. The summed E-state index contributed by atoms with van der Waals surface area (Å²) in [6, 6.07) is 5.25. The fourth-order valence-corrected chi connectivity index (χ4v) is 1.78. The Balaban J connectivity index is 2.18. The van der Waals surface area contributed by atoms with Gasteiger partial charge in [-0.1, -0.05) is 15.9 Å². The largest absolute Gasteiger partial charge is 0.497 e. The number of carbonyl (C=O) groups is 1. The molecule has 0 radical (unpaired) electrons. The zero-order valence-corrected chi connectivity index (χ0v) is 10.3. The van der Waals surface area contributed by atoms with E-state index in [9.17, 15) is 4.79 Å². The first kappa shape index (κ1) is 11.3. The fraction of sp³-hybridized carbons (Fsp3) is 0.364. The predicted molar refractivity (Wildman–Crippen MR) is 61.7 cm³/mol. The number of ketones is 1. The number of Topliss-reactive ketones (excluding diaryl/α,β-unsaturated/α-hetero) is 1. The second-order valence-corrected chi connectivity index (χ2v) is 3.89. The first-order chi connectivity index (χ1) is 7.74. The van der Waals surface area contributed by atoms with Crippen LogP contribution in [0.4, 0.5) is 0 Å². The zero-order chi connectivity index (χ0) is 11.5. The number of benzene rings is 1. The maximum Gasteiger partial charge on any atom is 0.191 e. The SMILES string of the molecule is COc1ccc2c(c1)OCC(C(=O)CBr)O2. The summed E-state index contributed by atoms with van der Waals surface area (Å²) in [6.45, 7) is 0.241. The summed E-state index contributed by atoms with van der Waals surface area (Å²) in [4.78, 5) is 11.4. The second kappa shape index (κ2) is 4.74. The van der Waals surface area contributed by atoms with Crippen LogP contribution in [0, 0.1) is 0 Å². The summed E-state index contributed by atoms with van der Waals surface area (Å²) >= 11 is 3.11. The molecule has 1 atom stereocenters. The first-order valence-electron chi connectivity index (χ1n) is 4.80. The van der Waals surface area contributed by atoms with Crippen LogP contribution < -0.4 is 14.2 Å². The predicted octanol–water partition coefficient (Wildman–Crippen LogP) is 1.80. The van der Waals surface area contributed by atoms with Gasteiger partial charge in [0.1, 0.15) is 12.4 Å². The molecule has 0 N–H and O–H groups in total. The van der Waals surface area contributed by atoms with E-state index in [2.05, 4.69) is 15.9 Å². The number of halogens is 1. The van der Waals surface area contributed by atoms with Crippen molar-refractivity contribution in [2.24, 2.45) is 0 Å². The lowest BCUT2D eigenvalue weighted by atomic mass is 10.2. The summed E-state index contributed by atoms with van der Waals surface area (Å²) in [7, 11) is 1.59. The molecule has 0 amide bonds. The minimum atomic E-state index is -0.528. The molecule has 1 aliphatic rings. The average Bonchev–Trinajstić information content (AvgIpc) is 2.36. The van der Waals surface area contributed by atoms with Crippen molar-refractivity contribution in [1.82, 2.24) is 0 Å². The van der Waals surface area contributed by atoms with E-state index in [1.165, 1.54) is 0 Å². The van der Waals surface area contributed by atoms with E-state index in [-0.39, 0.29) is 17.7 Å². The Morgan fingerprint density at radius 3 is 3.06 bits per heavy atom. The molecule has 1 aromatic rings. The average molecular weight is 287 g/mol. The monoisotopic (exact) mass is 286 g/mol. The van der Waals surface area contributed by atoms with Crippen LogP contribution in [0.5, 0.6) is 17.2 Å². The smallest absolute Gasteiger partial charge is 0.191 e. The van der Waals surface area contributed by atoms with E-state index in [0.29, 0.717) is 17.2 Å². The van der Waals surface area contributed by atoms with Crippen molar-refractivity contribution in [3.63, 3.8) is 0 Å². The van der Waals surface area contributed by atoms with E-state index >= 15 is 0 Å². The van der Waals surface area contributed by atoms with Crippen molar-refractivity contribution < 1.29 is 19.0 Å². The first-order valence-corrected chi connectivity index (χ1v) is 5.93. The molecule has 0 saturated carbocycles. The molecule has 2 rings (SSSR count). The van der Waals surface area contributed by atoms with Gasteiger partial charge in [0.25, 0.3) is 0 Å². The van der Waals surface area contributed by atoms with Crippen LogP contribution in [0.25, 0.3) is 0 Å². The second-order valence-electron chi connectivity index (χ2n) is 3.33. The number of alkyl halides is 1. The molecule has 0 bridgehead atoms. The minimum absolute atomic E-state index is 0.0264. The Hall–Kier alpha value is -1.23. The van der Waals surface area contributed by atoms with Crippen LogP contribution in [0.1, 0.15) is 0 Å². The Morgan fingerprint density at radius 2 is 2.38 bits per heavy atom. The molecular formula is C11H11BrO4. The van der Waals surface area contributed by atoms with Gasteiger partial charge in [0.15, 0.2) is 23.4 Å². The van der Waals surface area contributed by atoms with Crippen molar-refractivity contribution in [2.45, 2.75) is 6.10 Å². The highest BCUT2D eigenvalue weighted by Gasteiger charge is 2.26. The molecule has 1 aliphatic heterocycles. The molecule has 0 aliphatic carbocycles. The third kappa shape index (κ3) is 2.14. The molecule has 0 aromatic heterocycles. The standard InChI is InChI=1S/C11H11BrO4/c1-14-7-2-3-9-10(4-7)15-6-11(16-9)8(13)5-12/h2-4,11H,5-6H2,1H3. The Bertz CT molecular complexity index is 405. The summed E-state index contributed by atoms with van der Waals surface area (Å²) < 4.78 is 16.0. The fourth-order valence-electron chi connectivity index (χ4n) is 1.42. The molecule has 86 valence electrons. The van der Waals surface area contributed by atoms with Crippen molar-refractivity contribution in [3.8, 4) is 17.2 Å². The van der Waals surface area contributed by atoms with E-state index in [1.54, 1.807) is 25.3 Å². The van der Waals surface area contributed by atoms with Crippen LogP contribution in [0.3, 0.4) is 0 Å². The van der Waals surface area contributed by atoms with Crippen molar-refractivity contribution in [1.29, 1.82) is 0 Å². The van der Waals surface area contributed by atoms with Crippen LogP contribution in [-0.4, -0.2) is 30.9 Å². The lowest BCUT2D eigenvalue weighted by Crippen LogP contribution is -2.37. The van der Waals surface area contributed by atoms with E-state index in [1.807, 2.05) is 0 Å². The number of fused-ring (bicyclic) bond motifs is 1. The maximum absolute atomic E-state index is 11.4. The van der Waals surface area contributed by atoms with E-state index in [0.717, 1.165) is 0 Å². The summed E-state index contributed by atoms with van der Waals surface area (Å²) in [5, 5.41) is 0.270. The summed E-state index contributed by atoms with van der Waals surface area (Å²) in [5.41, 5.74) is 0. The Labute approximate surface area is 102 Å². The van der Waals surface area contributed by atoms with Crippen LogP contribution >= 0.6 is 15.9 Å². The molecule has 1 heterocycles. The van der Waals surface area contributed by atoms with Crippen LogP contribution in [0.2, 0.25) is 0 Å². The van der Waals surface area contributed by atoms with Gasteiger partial charge in [0.05, 0.1) is 12.4 Å². The highest BCUT2D eigenvalue weighted by molar-refractivity contribution is 9.09. The quantitative estimate of drug-likeness (QED) is 0.795. The molecule has 0 saturated heterocycles. The van der Waals surface area contributed by atoms with Gasteiger partial charge in [-0.15, -0.1) is 0 Å². The van der Waals surface area contributed by atoms with Gasteiger partial charge >= 0.3 is 0 Å². The van der Waals surface area contributed by atoms with Crippen molar-refractivity contribution >= 4 is 21.7 Å². The molecule has 1 aromatic carbocycles. The van der Waals surface area contributed by atoms with Gasteiger partial charge in [0, 0.05) is 6.07 Å². The number of methoxy groups -OCH3 is 1. The minimum Gasteiger partial charge on any atom is -0.497 e. The number of hydrogen-bond acceptors (Lipinski definition) is 4. The van der Waals surface area contributed by atoms with Gasteiger partial charge < -0.3 is 14.2 Å². The highest BCUT2D eigenvalue weighted by Crippen LogP contribution is 2.35. The summed E-state index contributed by atoms with van der Waals surface area (Å²) in [6.07, 6.45) is -0.528. The maximum atomic E-state index is 11.4. The number of hydrogen-bond donors (Lipinski definition) is 0. The van der Waals surface area contributed by atoms with Crippen LogP contribution in [0.15, 0.2) is 18.2 Å². The molecule has 4 nitrogen and oxygen atoms in total. The molecule has 0 spiro atoms. The van der Waals surface area contributed by atoms with Gasteiger partial charge in [-0.05, 0) is 12.1 Å². The van der Waals surface area contributed by atoms with Gasteiger partial charge in [-0.3, -0.25) is 4.79 Å². The summed E-state index contributed by atoms with van der Waals surface area (Å²) in [5.74, 6) is 1.86. The van der Waals surface area contributed by atoms with E-state index < -0.39 is 6.10 Å². The topological polar surface area (TPSA) is 44.8 Å². The van der Waals surface area contributed by atoms with Gasteiger partial charge in [-0.25, -0.2) is 0 Å². The molecule has 5 heteroatoms. The van der Waals surface area contributed by atoms with Gasteiger partial charge in [-0.2, -0.15) is 0 Å².